The Hall–Kier alpha value is -0.790. The third kappa shape index (κ3) is 6.83. The van der Waals surface area contributed by atoms with E-state index in [1.54, 1.807) is 0 Å². The molecule has 0 amide bonds. The molecule has 0 aromatic rings. The SMILES string of the molecule is C=C(CC(C)OC(=O)C(C)C)C(CCC)CCC. The van der Waals surface area contributed by atoms with Crippen molar-refractivity contribution in [3.63, 3.8) is 0 Å². The van der Waals surface area contributed by atoms with Crippen LogP contribution in [0.25, 0.3) is 0 Å². The van der Waals surface area contributed by atoms with Crippen LogP contribution < -0.4 is 0 Å². The Balaban J connectivity index is 4.22. The van der Waals surface area contributed by atoms with E-state index in [0.717, 1.165) is 6.42 Å². The van der Waals surface area contributed by atoms with E-state index in [1.165, 1.54) is 31.3 Å². The molecule has 0 aliphatic heterocycles. The zero-order chi connectivity index (χ0) is 14.1. The predicted molar refractivity (Wildman–Crippen MR) is 77.5 cm³/mol. The lowest BCUT2D eigenvalue weighted by Crippen LogP contribution is -2.20. The molecule has 0 N–H and O–H groups in total. The molecule has 0 heterocycles. The van der Waals surface area contributed by atoms with Gasteiger partial charge in [0.25, 0.3) is 0 Å². The molecule has 0 aromatic carbocycles. The molecule has 0 aliphatic rings. The van der Waals surface area contributed by atoms with E-state index in [-0.39, 0.29) is 18.0 Å². The van der Waals surface area contributed by atoms with E-state index < -0.39 is 0 Å². The van der Waals surface area contributed by atoms with Crippen LogP contribution in [0.2, 0.25) is 0 Å². The van der Waals surface area contributed by atoms with Crippen molar-refractivity contribution >= 4 is 5.97 Å². The summed E-state index contributed by atoms with van der Waals surface area (Å²) in [7, 11) is 0. The molecule has 0 saturated heterocycles. The van der Waals surface area contributed by atoms with Crippen molar-refractivity contribution in [2.45, 2.75) is 72.8 Å². The number of hydrogen-bond acceptors (Lipinski definition) is 2. The fraction of sp³-hybridized carbons (Fsp3) is 0.812. The van der Waals surface area contributed by atoms with Gasteiger partial charge in [-0.1, -0.05) is 52.7 Å². The lowest BCUT2D eigenvalue weighted by molar-refractivity contribution is -0.151. The normalized spacial score (nSPS) is 12.8. The molecular formula is C16H30O2. The molecular weight excluding hydrogens is 224 g/mol. The van der Waals surface area contributed by atoms with Gasteiger partial charge < -0.3 is 4.74 Å². The first-order valence-electron chi connectivity index (χ1n) is 7.30. The summed E-state index contributed by atoms with van der Waals surface area (Å²) in [6.07, 6.45) is 5.50. The topological polar surface area (TPSA) is 26.3 Å². The van der Waals surface area contributed by atoms with Gasteiger partial charge in [0.15, 0.2) is 0 Å². The van der Waals surface area contributed by atoms with Crippen LogP contribution in [0.5, 0.6) is 0 Å². The minimum atomic E-state index is -0.113. The third-order valence-electron chi connectivity index (χ3n) is 3.19. The minimum Gasteiger partial charge on any atom is -0.462 e. The number of hydrogen-bond donors (Lipinski definition) is 0. The predicted octanol–water partition coefficient (Wildman–Crippen LogP) is 4.74. The average Bonchev–Trinajstić information content (AvgIpc) is 2.28. The Kier molecular flexibility index (Phi) is 8.78. The molecule has 1 unspecified atom stereocenters. The van der Waals surface area contributed by atoms with Gasteiger partial charge in [-0.2, -0.15) is 0 Å². The summed E-state index contributed by atoms with van der Waals surface area (Å²) in [6.45, 7) is 14.3. The Morgan fingerprint density at radius 1 is 1.11 bits per heavy atom. The zero-order valence-corrected chi connectivity index (χ0v) is 12.8. The molecule has 106 valence electrons. The standard InChI is InChI=1S/C16H30O2/c1-7-9-15(10-8-2)13(5)11-14(6)18-16(17)12(3)4/h12,14-15H,5,7-11H2,1-4,6H3. The first kappa shape index (κ1) is 17.2. The summed E-state index contributed by atoms with van der Waals surface area (Å²) in [5.74, 6) is 0.417. The number of esters is 1. The van der Waals surface area contributed by atoms with Crippen molar-refractivity contribution in [1.82, 2.24) is 0 Å². The quantitative estimate of drug-likeness (QED) is 0.439. The van der Waals surface area contributed by atoms with Crippen LogP contribution in [0, 0.1) is 11.8 Å². The summed E-state index contributed by atoms with van der Waals surface area (Å²) in [4.78, 5) is 11.5. The van der Waals surface area contributed by atoms with Gasteiger partial charge in [0.1, 0.15) is 6.10 Å². The smallest absolute Gasteiger partial charge is 0.308 e. The molecule has 2 heteroatoms. The van der Waals surface area contributed by atoms with E-state index in [9.17, 15) is 4.79 Å². The first-order chi connectivity index (χ1) is 8.42. The van der Waals surface area contributed by atoms with Gasteiger partial charge in [0, 0.05) is 6.42 Å². The molecule has 0 aliphatic carbocycles. The summed E-state index contributed by atoms with van der Waals surface area (Å²) in [5, 5.41) is 0. The van der Waals surface area contributed by atoms with Gasteiger partial charge in [-0.25, -0.2) is 0 Å². The van der Waals surface area contributed by atoms with Gasteiger partial charge in [0.2, 0.25) is 0 Å². The van der Waals surface area contributed by atoms with Crippen molar-refractivity contribution < 1.29 is 9.53 Å². The monoisotopic (exact) mass is 254 g/mol. The van der Waals surface area contributed by atoms with E-state index in [1.807, 2.05) is 20.8 Å². The fourth-order valence-corrected chi connectivity index (χ4v) is 2.16. The summed E-state index contributed by atoms with van der Waals surface area (Å²) >= 11 is 0. The molecule has 18 heavy (non-hydrogen) atoms. The Labute approximate surface area is 113 Å². The van der Waals surface area contributed by atoms with Crippen molar-refractivity contribution in [1.29, 1.82) is 0 Å². The molecule has 0 radical (unpaired) electrons. The summed E-state index contributed by atoms with van der Waals surface area (Å²) in [5.41, 5.74) is 1.24. The maximum absolute atomic E-state index is 11.5. The number of ether oxygens (including phenoxy) is 1. The van der Waals surface area contributed by atoms with Crippen LogP contribution in [0.3, 0.4) is 0 Å². The zero-order valence-electron chi connectivity index (χ0n) is 12.8. The number of rotatable bonds is 9. The highest BCUT2D eigenvalue weighted by atomic mass is 16.5. The highest BCUT2D eigenvalue weighted by molar-refractivity contribution is 5.71. The first-order valence-corrected chi connectivity index (χ1v) is 7.30. The van der Waals surface area contributed by atoms with Gasteiger partial charge in [-0.3, -0.25) is 4.79 Å². The Morgan fingerprint density at radius 3 is 2.00 bits per heavy atom. The highest BCUT2D eigenvalue weighted by Gasteiger charge is 2.17. The van der Waals surface area contributed by atoms with Crippen LogP contribution in [-0.4, -0.2) is 12.1 Å². The molecule has 0 fully saturated rings. The molecule has 2 nitrogen and oxygen atoms in total. The molecule has 0 aromatic heterocycles. The van der Waals surface area contributed by atoms with E-state index in [0.29, 0.717) is 5.92 Å². The Morgan fingerprint density at radius 2 is 1.61 bits per heavy atom. The number of carbonyl (C=O) groups excluding carboxylic acids is 1. The van der Waals surface area contributed by atoms with Gasteiger partial charge in [-0.05, 0) is 25.7 Å². The molecule has 0 bridgehead atoms. The molecule has 0 spiro atoms. The van der Waals surface area contributed by atoms with Gasteiger partial charge in [0.05, 0.1) is 5.92 Å². The van der Waals surface area contributed by atoms with Gasteiger partial charge in [-0.15, -0.1) is 0 Å². The van der Waals surface area contributed by atoms with Crippen molar-refractivity contribution in [3.05, 3.63) is 12.2 Å². The van der Waals surface area contributed by atoms with E-state index >= 15 is 0 Å². The summed E-state index contributed by atoms with van der Waals surface area (Å²) in [6, 6.07) is 0. The van der Waals surface area contributed by atoms with Gasteiger partial charge >= 0.3 is 5.97 Å². The Bertz CT molecular complexity index is 250. The second kappa shape index (κ2) is 9.18. The van der Waals surface area contributed by atoms with E-state index in [2.05, 4.69) is 20.4 Å². The van der Waals surface area contributed by atoms with Crippen LogP contribution in [0.15, 0.2) is 12.2 Å². The molecule has 1 atom stereocenters. The number of carbonyl (C=O) groups is 1. The fourth-order valence-electron chi connectivity index (χ4n) is 2.16. The van der Waals surface area contributed by atoms with Crippen molar-refractivity contribution in [2.24, 2.45) is 11.8 Å². The largest absolute Gasteiger partial charge is 0.462 e. The van der Waals surface area contributed by atoms with E-state index in [4.69, 9.17) is 4.74 Å². The van der Waals surface area contributed by atoms with Crippen LogP contribution in [0.1, 0.15) is 66.7 Å². The van der Waals surface area contributed by atoms with Crippen LogP contribution in [-0.2, 0) is 9.53 Å². The lowest BCUT2D eigenvalue weighted by Gasteiger charge is -2.22. The van der Waals surface area contributed by atoms with Crippen molar-refractivity contribution in [2.75, 3.05) is 0 Å². The molecule has 0 rings (SSSR count). The van der Waals surface area contributed by atoms with Crippen LogP contribution in [0.4, 0.5) is 0 Å². The van der Waals surface area contributed by atoms with Crippen LogP contribution >= 0.6 is 0 Å². The lowest BCUT2D eigenvalue weighted by atomic mass is 9.88. The average molecular weight is 254 g/mol. The summed E-state index contributed by atoms with van der Waals surface area (Å²) < 4.78 is 5.39. The molecule has 0 saturated carbocycles. The second-order valence-corrected chi connectivity index (χ2v) is 5.54. The maximum atomic E-state index is 11.5. The minimum absolute atomic E-state index is 0.0522. The van der Waals surface area contributed by atoms with Crippen molar-refractivity contribution in [3.8, 4) is 0 Å². The third-order valence-corrected chi connectivity index (χ3v) is 3.19. The maximum Gasteiger partial charge on any atom is 0.308 e. The second-order valence-electron chi connectivity index (χ2n) is 5.54. The highest BCUT2D eigenvalue weighted by Crippen LogP contribution is 2.25.